The summed E-state index contributed by atoms with van der Waals surface area (Å²) >= 11 is 0. The second kappa shape index (κ2) is 6.13. The zero-order valence-electron chi connectivity index (χ0n) is 12.3. The van der Waals surface area contributed by atoms with Crippen molar-refractivity contribution in [2.75, 3.05) is 31.7 Å². The molecule has 7 nitrogen and oxygen atoms in total. The number of ether oxygens (including phenoxy) is 1. The van der Waals surface area contributed by atoms with E-state index in [2.05, 4.69) is 15.2 Å². The van der Waals surface area contributed by atoms with E-state index in [1.807, 2.05) is 21.0 Å². The molecule has 20 heavy (non-hydrogen) atoms. The molecule has 0 bridgehead atoms. The normalized spacial score (nSPS) is 20.1. The minimum atomic E-state index is 0.0948. The van der Waals surface area contributed by atoms with Crippen LogP contribution in [0.25, 0.3) is 0 Å². The van der Waals surface area contributed by atoms with Gasteiger partial charge >= 0.3 is 0 Å². The first kappa shape index (κ1) is 14.6. The molecule has 2 rings (SSSR count). The number of oxime groups is 1. The number of nitrogens with zero attached hydrogens (tertiary/aromatic N) is 4. The second-order valence-corrected chi connectivity index (χ2v) is 5.36. The Balaban J connectivity index is 2.22. The summed E-state index contributed by atoms with van der Waals surface area (Å²) in [6.07, 6.45) is 2.27. The quantitative estimate of drug-likeness (QED) is 0.367. The third kappa shape index (κ3) is 2.87. The summed E-state index contributed by atoms with van der Waals surface area (Å²) in [5.74, 6) is 1.46. The third-order valence-corrected chi connectivity index (χ3v) is 3.70. The second-order valence-electron chi connectivity index (χ2n) is 5.36. The van der Waals surface area contributed by atoms with Crippen LogP contribution in [0.15, 0.2) is 5.16 Å². The fraction of sp³-hybridized carbons (Fsp3) is 0.692. The average Bonchev–Trinajstić information content (AvgIpc) is 2.73. The van der Waals surface area contributed by atoms with Gasteiger partial charge in [0.05, 0.1) is 17.9 Å². The predicted octanol–water partition coefficient (Wildman–Crippen LogP) is 0.686. The number of hydrogen-bond acceptors (Lipinski definition) is 5. The number of hydrogen-bond donors (Lipinski definition) is 2. The lowest BCUT2D eigenvalue weighted by Crippen LogP contribution is -2.33. The van der Waals surface area contributed by atoms with Gasteiger partial charge in [0.2, 0.25) is 0 Å². The molecule has 1 aliphatic rings. The predicted molar refractivity (Wildman–Crippen MR) is 77.3 cm³/mol. The summed E-state index contributed by atoms with van der Waals surface area (Å²) in [6, 6.07) is 0. The highest BCUT2D eigenvalue weighted by atomic mass is 16.5. The highest BCUT2D eigenvalue weighted by molar-refractivity contribution is 6.02. The Labute approximate surface area is 119 Å². The summed E-state index contributed by atoms with van der Waals surface area (Å²) in [6.45, 7) is 4.37. The molecule has 1 unspecified atom stereocenters. The maximum Gasteiger partial charge on any atom is 0.175 e. The van der Waals surface area contributed by atoms with E-state index in [0.29, 0.717) is 11.5 Å². The molecule has 0 radical (unpaired) electrons. The Morgan fingerprint density at radius 2 is 2.40 bits per heavy atom. The van der Waals surface area contributed by atoms with Crippen LogP contribution >= 0.6 is 0 Å². The number of anilines is 1. The fourth-order valence-electron chi connectivity index (χ4n) is 2.86. The van der Waals surface area contributed by atoms with Crippen LogP contribution in [-0.4, -0.2) is 47.6 Å². The van der Waals surface area contributed by atoms with Gasteiger partial charge in [-0.05, 0) is 25.7 Å². The van der Waals surface area contributed by atoms with Gasteiger partial charge in [-0.1, -0.05) is 5.16 Å². The van der Waals surface area contributed by atoms with Crippen molar-refractivity contribution in [3.05, 3.63) is 11.3 Å². The molecule has 0 aliphatic carbocycles. The largest absolute Gasteiger partial charge is 0.409 e. The van der Waals surface area contributed by atoms with Gasteiger partial charge in [-0.2, -0.15) is 5.10 Å². The van der Waals surface area contributed by atoms with Crippen LogP contribution in [0.1, 0.15) is 24.1 Å². The molecule has 1 aliphatic heterocycles. The molecule has 3 N–H and O–H groups in total. The first-order valence-electron chi connectivity index (χ1n) is 6.85. The molecular weight excluding hydrogens is 258 g/mol. The molecule has 1 fully saturated rings. The van der Waals surface area contributed by atoms with Gasteiger partial charge in [-0.3, -0.25) is 4.68 Å². The standard InChI is InChI=1S/C13H23N5O2/c1-9-11(12(14)16-19)13(18(3)15-9)17(2)7-10-5-4-6-20-8-10/h10,19H,4-8H2,1-3H3,(H2,14,16). The lowest BCUT2D eigenvalue weighted by Gasteiger charge is -2.28. The molecule has 1 aromatic heterocycles. The minimum Gasteiger partial charge on any atom is -0.409 e. The van der Waals surface area contributed by atoms with E-state index >= 15 is 0 Å². The van der Waals surface area contributed by atoms with Gasteiger partial charge in [0.1, 0.15) is 5.82 Å². The number of aromatic nitrogens is 2. The fourth-order valence-corrected chi connectivity index (χ4v) is 2.86. The lowest BCUT2D eigenvalue weighted by atomic mass is 10.0. The maximum atomic E-state index is 8.94. The topological polar surface area (TPSA) is 88.9 Å². The van der Waals surface area contributed by atoms with E-state index in [1.54, 1.807) is 4.68 Å². The maximum absolute atomic E-state index is 8.94. The molecule has 7 heteroatoms. The smallest absolute Gasteiger partial charge is 0.175 e. The van der Waals surface area contributed by atoms with Crippen molar-refractivity contribution < 1.29 is 9.94 Å². The van der Waals surface area contributed by atoms with E-state index in [4.69, 9.17) is 15.7 Å². The van der Waals surface area contributed by atoms with Crippen LogP contribution in [0.3, 0.4) is 0 Å². The zero-order valence-corrected chi connectivity index (χ0v) is 12.3. The van der Waals surface area contributed by atoms with Crippen molar-refractivity contribution in [2.45, 2.75) is 19.8 Å². The average molecular weight is 281 g/mol. The van der Waals surface area contributed by atoms with Crippen LogP contribution < -0.4 is 10.6 Å². The zero-order chi connectivity index (χ0) is 14.7. The Morgan fingerprint density at radius 3 is 3.00 bits per heavy atom. The van der Waals surface area contributed by atoms with Gasteiger partial charge in [-0.25, -0.2) is 0 Å². The molecule has 2 heterocycles. The van der Waals surface area contributed by atoms with Crippen LogP contribution in [0, 0.1) is 12.8 Å². The van der Waals surface area contributed by atoms with Gasteiger partial charge in [0.25, 0.3) is 0 Å². The number of nitrogens with two attached hydrogens (primary N) is 1. The van der Waals surface area contributed by atoms with Gasteiger partial charge in [0.15, 0.2) is 5.84 Å². The van der Waals surface area contributed by atoms with E-state index in [1.165, 1.54) is 6.42 Å². The first-order valence-corrected chi connectivity index (χ1v) is 6.85. The first-order chi connectivity index (χ1) is 9.54. The summed E-state index contributed by atoms with van der Waals surface area (Å²) in [5, 5.41) is 16.4. The molecule has 0 saturated carbocycles. The Kier molecular flexibility index (Phi) is 4.49. The Morgan fingerprint density at radius 1 is 1.65 bits per heavy atom. The Bertz CT molecular complexity index is 491. The van der Waals surface area contributed by atoms with Crippen LogP contribution in [0.2, 0.25) is 0 Å². The van der Waals surface area contributed by atoms with Crippen LogP contribution in [0.5, 0.6) is 0 Å². The Hall–Kier alpha value is -1.76. The molecule has 0 spiro atoms. The highest BCUT2D eigenvalue weighted by Gasteiger charge is 2.23. The summed E-state index contributed by atoms with van der Waals surface area (Å²) in [5.41, 5.74) is 7.22. The van der Waals surface area contributed by atoms with E-state index in [9.17, 15) is 0 Å². The highest BCUT2D eigenvalue weighted by Crippen LogP contribution is 2.24. The van der Waals surface area contributed by atoms with Crippen LogP contribution in [0.4, 0.5) is 5.82 Å². The molecule has 0 aromatic carbocycles. The van der Waals surface area contributed by atoms with Crippen molar-refractivity contribution in [3.63, 3.8) is 0 Å². The molecule has 0 amide bonds. The van der Waals surface area contributed by atoms with E-state index < -0.39 is 0 Å². The van der Waals surface area contributed by atoms with Crippen molar-refractivity contribution >= 4 is 11.7 Å². The van der Waals surface area contributed by atoms with E-state index in [-0.39, 0.29) is 5.84 Å². The minimum absolute atomic E-state index is 0.0948. The third-order valence-electron chi connectivity index (χ3n) is 3.70. The lowest BCUT2D eigenvalue weighted by molar-refractivity contribution is 0.0575. The summed E-state index contributed by atoms with van der Waals surface area (Å²) < 4.78 is 7.29. The number of rotatable bonds is 4. The van der Waals surface area contributed by atoms with Gasteiger partial charge in [0, 0.05) is 27.2 Å². The molecule has 1 atom stereocenters. The van der Waals surface area contributed by atoms with Crippen molar-refractivity contribution in [1.82, 2.24) is 9.78 Å². The van der Waals surface area contributed by atoms with Crippen molar-refractivity contribution in [1.29, 1.82) is 0 Å². The summed E-state index contributed by atoms with van der Waals surface area (Å²) in [4.78, 5) is 2.10. The number of amidine groups is 1. The molecule has 1 aromatic rings. The molecule has 112 valence electrons. The molecular formula is C13H23N5O2. The number of aryl methyl sites for hydroxylation is 2. The van der Waals surface area contributed by atoms with Gasteiger partial charge < -0.3 is 20.6 Å². The summed E-state index contributed by atoms with van der Waals surface area (Å²) in [7, 11) is 3.86. The van der Waals surface area contributed by atoms with Crippen LogP contribution in [-0.2, 0) is 11.8 Å². The van der Waals surface area contributed by atoms with Crippen molar-refractivity contribution in [3.8, 4) is 0 Å². The van der Waals surface area contributed by atoms with E-state index in [0.717, 1.165) is 37.7 Å². The molecule has 1 saturated heterocycles. The van der Waals surface area contributed by atoms with Gasteiger partial charge in [-0.15, -0.1) is 0 Å². The van der Waals surface area contributed by atoms with Crippen molar-refractivity contribution in [2.24, 2.45) is 23.9 Å². The SMILES string of the molecule is Cc1nn(C)c(N(C)CC2CCCOC2)c1C(N)=NO. The monoisotopic (exact) mass is 281 g/mol.